The minimum absolute atomic E-state index is 0.0771. The number of ether oxygens (including phenoxy) is 2. The Morgan fingerprint density at radius 3 is 2.57 bits per heavy atom. The lowest BCUT2D eigenvalue weighted by atomic mass is 9.88. The van der Waals surface area contributed by atoms with Gasteiger partial charge in [0.1, 0.15) is 6.04 Å². The highest BCUT2D eigenvalue weighted by molar-refractivity contribution is 6.31. The Balaban J connectivity index is 1.59. The lowest BCUT2D eigenvalue weighted by molar-refractivity contribution is -0.167. The molecule has 4 rings (SSSR count). The van der Waals surface area contributed by atoms with Crippen molar-refractivity contribution in [3.63, 3.8) is 0 Å². The minimum Gasteiger partial charge on any atom is -0.463 e. The second kappa shape index (κ2) is 10.5. The van der Waals surface area contributed by atoms with Gasteiger partial charge in [-0.1, -0.05) is 49.7 Å². The summed E-state index contributed by atoms with van der Waals surface area (Å²) in [5.41, 5.74) is 3.77. The predicted molar refractivity (Wildman–Crippen MR) is 135 cm³/mol. The summed E-state index contributed by atoms with van der Waals surface area (Å²) in [5.74, 6) is -1.08. The summed E-state index contributed by atoms with van der Waals surface area (Å²) in [4.78, 5) is 40.4. The lowest BCUT2D eigenvalue weighted by Crippen LogP contribution is -2.38. The molecule has 0 aromatic heterocycles. The summed E-state index contributed by atoms with van der Waals surface area (Å²) in [7, 11) is 0. The minimum atomic E-state index is -1.04. The van der Waals surface area contributed by atoms with Crippen LogP contribution in [0.25, 0.3) is 5.57 Å². The monoisotopic (exact) mass is 496 g/mol. The van der Waals surface area contributed by atoms with Crippen LogP contribution in [0.15, 0.2) is 54.1 Å². The highest BCUT2D eigenvalue weighted by atomic mass is 35.5. The third kappa shape index (κ3) is 5.51. The topological polar surface area (TPSA) is 84.9 Å². The van der Waals surface area contributed by atoms with Crippen molar-refractivity contribution in [2.24, 2.45) is 5.92 Å². The van der Waals surface area contributed by atoms with E-state index in [1.165, 1.54) is 6.92 Å². The second-order valence-electron chi connectivity index (χ2n) is 9.19. The Bertz CT molecular complexity index is 1160. The van der Waals surface area contributed by atoms with Gasteiger partial charge in [-0.2, -0.15) is 0 Å². The van der Waals surface area contributed by atoms with E-state index in [1.54, 1.807) is 17.0 Å². The van der Waals surface area contributed by atoms with Gasteiger partial charge in [-0.3, -0.25) is 4.79 Å². The van der Waals surface area contributed by atoms with Crippen molar-refractivity contribution in [3.8, 4) is 0 Å². The first-order valence-electron chi connectivity index (χ1n) is 11.8. The van der Waals surface area contributed by atoms with Crippen LogP contribution in [0.4, 0.5) is 11.4 Å². The Morgan fingerprint density at radius 1 is 1.11 bits per heavy atom. The zero-order chi connectivity index (χ0) is 25.1. The number of carbonyl (C=O) groups excluding carboxylic acids is 3. The molecule has 1 saturated heterocycles. The van der Waals surface area contributed by atoms with Crippen LogP contribution in [0.1, 0.15) is 39.2 Å². The molecular formula is C27H29ClN2O5. The summed E-state index contributed by atoms with van der Waals surface area (Å²) >= 11 is 6.22. The second-order valence-corrected chi connectivity index (χ2v) is 9.63. The van der Waals surface area contributed by atoms with Crippen molar-refractivity contribution < 1.29 is 23.9 Å². The molecule has 1 amide bonds. The van der Waals surface area contributed by atoms with E-state index in [0.29, 0.717) is 29.2 Å². The Morgan fingerprint density at radius 2 is 1.86 bits per heavy atom. The van der Waals surface area contributed by atoms with Crippen LogP contribution >= 0.6 is 11.6 Å². The zero-order valence-corrected chi connectivity index (χ0v) is 20.8. The molecule has 7 nitrogen and oxygen atoms in total. The van der Waals surface area contributed by atoms with Crippen LogP contribution in [0.2, 0.25) is 5.02 Å². The fourth-order valence-corrected chi connectivity index (χ4v) is 4.45. The van der Waals surface area contributed by atoms with E-state index in [4.69, 9.17) is 21.1 Å². The van der Waals surface area contributed by atoms with Gasteiger partial charge < -0.3 is 19.7 Å². The van der Waals surface area contributed by atoms with Gasteiger partial charge >= 0.3 is 11.9 Å². The van der Waals surface area contributed by atoms with Crippen LogP contribution < -0.4 is 10.2 Å². The van der Waals surface area contributed by atoms with Gasteiger partial charge in [-0.25, -0.2) is 9.59 Å². The van der Waals surface area contributed by atoms with E-state index in [9.17, 15) is 14.4 Å². The number of hydrogen-bond donors (Lipinski definition) is 1. The smallest absolute Gasteiger partial charge is 0.347 e. The van der Waals surface area contributed by atoms with Crippen LogP contribution in [0.5, 0.6) is 0 Å². The largest absolute Gasteiger partial charge is 0.463 e. The van der Waals surface area contributed by atoms with E-state index >= 15 is 0 Å². The molecule has 8 heteroatoms. The standard InChI is InChI=1S/C27H29ClN2O5/c1-16(2)15-34-26(32)17(3)35-27(33)24-14-22(20-10-9-18(28)13-23(20)29-24)21-11-12-30(25(21)31)19-7-5-4-6-8-19/h4-10,13,16-17,24,29H,11-12,14-15H2,1-3H3/t17-,24?/m1/s1. The third-order valence-electron chi connectivity index (χ3n) is 6.03. The van der Waals surface area contributed by atoms with Crippen LogP contribution in [-0.4, -0.2) is 43.1 Å². The number of halogens is 1. The van der Waals surface area contributed by atoms with Crippen molar-refractivity contribution in [1.82, 2.24) is 0 Å². The lowest BCUT2D eigenvalue weighted by Gasteiger charge is -2.29. The van der Waals surface area contributed by atoms with Gasteiger partial charge in [0.05, 0.1) is 6.61 Å². The fourth-order valence-electron chi connectivity index (χ4n) is 4.28. The average Bonchev–Trinajstić information content (AvgIpc) is 3.22. The number of esters is 2. The van der Waals surface area contributed by atoms with Crippen molar-refractivity contribution in [1.29, 1.82) is 0 Å². The number of nitrogens with one attached hydrogen (secondary N) is 1. The van der Waals surface area contributed by atoms with Crippen molar-refractivity contribution in [2.45, 2.75) is 45.8 Å². The Labute approximate surface area is 210 Å². The van der Waals surface area contributed by atoms with E-state index < -0.39 is 24.1 Å². The summed E-state index contributed by atoms with van der Waals surface area (Å²) < 4.78 is 10.6. The molecule has 2 aliphatic heterocycles. The number of anilines is 2. The van der Waals surface area contributed by atoms with Crippen LogP contribution in [0.3, 0.4) is 0 Å². The number of benzene rings is 2. The first kappa shape index (κ1) is 24.8. The number of nitrogens with zero attached hydrogens (tertiary/aromatic N) is 1. The molecule has 0 bridgehead atoms. The van der Waals surface area contributed by atoms with Crippen molar-refractivity contribution in [3.05, 3.63) is 64.7 Å². The molecule has 2 atom stereocenters. The molecule has 2 aromatic carbocycles. The molecule has 0 spiro atoms. The molecule has 2 aromatic rings. The summed E-state index contributed by atoms with van der Waals surface area (Å²) in [6, 6.07) is 14.1. The first-order valence-corrected chi connectivity index (χ1v) is 12.1. The normalized spacial score (nSPS) is 20.3. The third-order valence-corrected chi connectivity index (χ3v) is 6.27. The van der Waals surface area contributed by atoms with Gasteiger partial charge in [0.2, 0.25) is 0 Å². The van der Waals surface area contributed by atoms with Gasteiger partial charge in [0, 0.05) is 40.5 Å². The van der Waals surface area contributed by atoms with Gasteiger partial charge in [0.25, 0.3) is 5.91 Å². The highest BCUT2D eigenvalue weighted by Crippen LogP contribution is 2.40. The van der Waals surface area contributed by atoms with E-state index in [0.717, 1.165) is 16.8 Å². The van der Waals surface area contributed by atoms with E-state index in [-0.39, 0.29) is 24.9 Å². The predicted octanol–water partition coefficient (Wildman–Crippen LogP) is 4.85. The maximum atomic E-state index is 13.4. The number of amides is 1. The average molecular weight is 497 g/mol. The Kier molecular flexibility index (Phi) is 7.45. The summed E-state index contributed by atoms with van der Waals surface area (Å²) in [5, 5.41) is 3.68. The number of para-hydroxylation sites is 1. The molecule has 0 aliphatic carbocycles. The molecule has 1 unspecified atom stereocenters. The van der Waals surface area contributed by atoms with E-state index in [2.05, 4.69) is 5.32 Å². The maximum absolute atomic E-state index is 13.4. The number of fused-ring (bicyclic) bond motifs is 1. The molecule has 0 radical (unpaired) electrons. The summed E-state index contributed by atoms with van der Waals surface area (Å²) in [6.45, 7) is 6.16. The number of hydrogen-bond acceptors (Lipinski definition) is 6. The molecule has 1 fully saturated rings. The van der Waals surface area contributed by atoms with Crippen LogP contribution in [0, 0.1) is 5.92 Å². The zero-order valence-electron chi connectivity index (χ0n) is 20.0. The SMILES string of the molecule is CC(C)COC(=O)[C@@H](C)OC(=O)C1CC(=C2CCN(c3ccccc3)C2=O)c2ccc(Cl)cc2N1. The highest BCUT2D eigenvalue weighted by Gasteiger charge is 2.36. The molecule has 2 heterocycles. The van der Waals surface area contributed by atoms with Gasteiger partial charge in [-0.05, 0) is 49.1 Å². The molecule has 2 aliphatic rings. The van der Waals surface area contributed by atoms with Crippen molar-refractivity contribution in [2.75, 3.05) is 23.4 Å². The molecule has 35 heavy (non-hydrogen) atoms. The molecule has 0 saturated carbocycles. The summed E-state index contributed by atoms with van der Waals surface area (Å²) in [6.07, 6.45) is -0.225. The molecule has 1 N–H and O–H groups in total. The van der Waals surface area contributed by atoms with Gasteiger partial charge in [-0.15, -0.1) is 0 Å². The molecular weight excluding hydrogens is 468 g/mol. The van der Waals surface area contributed by atoms with Crippen molar-refractivity contribution >= 4 is 46.4 Å². The van der Waals surface area contributed by atoms with E-state index in [1.807, 2.05) is 50.2 Å². The van der Waals surface area contributed by atoms with Gasteiger partial charge in [0.15, 0.2) is 6.10 Å². The van der Waals surface area contributed by atoms with Crippen LogP contribution in [-0.2, 0) is 23.9 Å². The fraction of sp³-hybridized carbons (Fsp3) is 0.370. The number of rotatable bonds is 6. The maximum Gasteiger partial charge on any atom is 0.347 e. The number of carbonyl (C=O) groups is 3. The molecule has 184 valence electrons. The first-order chi connectivity index (χ1) is 16.7. The quantitative estimate of drug-likeness (QED) is 0.454. The Hall–Kier alpha value is -3.32.